The highest BCUT2D eigenvalue weighted by Gasteiger charge is 2.09. The van der Waals surface area contributed by atoms with Crippen LogP contribution < -0.4 is 0 Å². The summed E-state index contributed by atoms with van der Waals surface area (Å²) in [7, 11) is 0. The van der Waals surface area contributed by atoms with Crippen LogP contribution in [0.25, 0.3) is 43.1 Å². The van der Waals surface area contributed by atoms with Gasteiger partial charge in [0.05, 0.1) is 0 Å². The normalized spacial score (nSPS) is 14.8. The van der Waals surface area contributed by atoms with Crippen LogP contribution in [-0.2, 0) is 0 Å². The van der Waals surface area contributed by atoms with E-state index < -0.39 is 0 Å². The van der Waals surface area contributed by atoms with Gasteiger partial charge in [0.2, 0.25) is 0 Å². The first-order valence-electron chi connectivity index (χ1n) is 9.97. The maximum absolute atomic E-state index is 2.31. The Morgan fingerprint density at radius 2 is 0.962 bits per heavy atom. The molecule has 0 heterocycles. The Kier molecular flexibility index (Phi) is 3.97. The monoisotopic (exact) mass is 336 g/mol. The molecule has 1 aliphatic rings. The highest BCUT2D eigenvalue weighted by Crippen LogP contribution is 2.38. The third-order valence-electron chi connectivity index (χ3n) is 5.87. The quantitative estimate of drug-likeness (QED) is 0.198. The average Bonchev–Trinajstić information content (AvgIpc) is 2.73. The van der Waals surface area contributed by atoms with E-state index >= 15 is 0 Å². The first-order chi connectivity index (χ1) is 12.9. The van der Waals surface area contributed by atoms with Crippen LogP contribution in [0.2, 0.25) is 0 Å². The number of rotatable bonds is 0. The lowest BCUT2D eigenvalue weighted by atomic mass is 9.91. The Labute approximate surface area is 154 Å². The Morgan fingerprint density at radius 1 is 0.385 bits per heavy atom. The van der Waals surface area contributed by atoms with Gasteiger partial charge in [0.25, 0.3) is 0 Å². The molecule has 1 fully saturated rings. The van der Waals surface area contributed by atoms with Gasteiger partial charge in [-0.2, -0.15) is 0 Å². The van der Waals surface area contributed by atoms with Crippen molar-refractivity contribution >= 4 is 43.1 Å². The van der Waals surface area contributed by atoms with E-state index in [1.54, 1.807) is 0 Å². The fourth-order valence-electron chi connectivity index (χ4n) is 4.55. The molecule has 0 saturated heterocycles. The standard InChI is InChI=1S/C20H12.C6H12/c1-2-7-17-15(4-1)12-16-9-8-13-5-3-6-14-10-11-18(17)20(16)19(13)14;1-2-4-6-5-3-1/h1-12H;1-6H2. The van der Waals surface area contributed by atoms with Crippen molar-refractivity contribution in [3.63, 3.8) is 0 Å². The molecule has 0 unspecified atom stereocenters. The maximum atomic E-state index is 2.31. The maximum Gasteiger partial charge on any atom is -0.00204 e. The Hall–Kier alpha value is -2.60. The van der Waals surface area contributed by atoms with Crippen molar-refractivity contribution in [1.82, 2.24) is 0 Å². The van der Waals surface area contributed by atoms with Crippen molar-refractivity contribution in [2.24, 2.45) is 0 Å². The highest BCUT2D eigenvalue weighted by molar-refractivity contribution is 6.28. The lowest BCUT2D eigenvalue weighted by Crippen LogP contribution is -1.85. The Morgan fingerprint density at radius 3 is 1.69 bits per heavy atom. The van der Waals surface area contributed by atoms with E-state index in [0.717, 1.165) is 0 Å². The fraction of sp³-hybridized carbons (Fsp3) is 0.231. The van der Waals surface area contributed by atoms with E-state index in [2.05, 4.69) is 72.8 Å². The van der Waals surface area contributed by atoms with Gasteiger partial charge in [-0.3, -0.25) is 0 Å². The summed E-state index contributed by atoms with van der Waals surface area (Å²) in [6.45, 7) is 0. The topological polar surface area (TPSA) is 0 Å². The van der Waals surface area contributed by atoms with E-state index in [1.807, 2.05) is 0 Å². The second-order valence-electron chi connectivity index (χ2n) is 7.58. The van der Waals surface area contributed by atoms with Gasteiger partial charge in [-0.15, -0.1) is 0 Å². The number of hydrogen-bond acceptors (Lipinski definition) is 0. The molecule has 0 heteroatoms. The molecule has 128 valence electrons. The first kappa shape index (κ1) is 15.6. The Balaban J connectivity index is 0.000000215. The highest BCUT2D eigenvalue weighted by atomic mass is 14.1. The van der Waals surface area contributed by atoms with Gasteiger partial charge in [0, 0.05) is 0 Å². The zero-order valence-electron chi connectivity index (χ0n) is 15.2. The molecular weight excluding hydrogens is 312 g/mol. The van der Waals surface area contributed by atoms with E-state index in [-0.39, 0.29) is 0 Å². The molecule has 0 atom stereocenters. The van der Waals surface area contributed by atoms with E-state index in [9.17, 15) is 0 Å². The molecule has 0 bridgehead atoms. The van der Waals surface area contributed by atoms with Crippen LogP contribution in [0.15, 0.2) is 72.8 Å². The van der Waals surface area contributed by atoms with Crippen molar-refractivity contribution < 1.29 is 0 Å². The van der Waals surface area contributed by atoms with E-state index in [1.165, 1.54) is 81.6 Å². The zero-order chi connectivity index (χ0) is 17.3. The van der Waals surface area contributed by atoms with Gasteiger partial charge in [-0.1, -0.05) is 105 Å². The van der Waals surface area contributed by atoms with Crippen LogP contribution in [-0.4, -0.2) is 0 Å². The lowest BCUT2D eigenvalue weighted by Gasteiger charge is -2.12. The largest absolute Gasteiger partial charge is 0.0616 e. The van der Waals surface area contributed by atoms with Crippen molar-refractivity contribution in [2.45, 2.75) is 38.5 Å². The molecule has 0 N–H and O–H groups in total. The van der Waals surface area contributed by atoms with Crippen LogP contribution in [0.3, 0.4) is 0 Å². The second kappa shape index (κ2) is 6.61. The summed E-state index contributed by atoms with van der Waals surface area (Å²) in [5.74, 6) is 0. The molecule has 5 aromatic carbocycles. The van der Waals surface area contributed by atoms with Gasteiger partial charge in [0.15, 0.2) is 0 Å². The SMILES string of the molecule is C1CCCCC1.c1ccc2c(c1)cc1ccc3cccc4ccc2c1c34. The molecule has 0 amide bonds. The van der Waals surface area contributed by atoms with Crippen LogP contribution >= 0.6 is 0 Å². The number of hydrogen-bond donors (Lipinski definition) is 0. The molecule has 0 aromatic heterocycles. The smallest absolute Gasteiger partial charge is 0.00204 e. The summed E-state index contributed by atoms with van der Waals surface area (Å²) in [5.41, 5.74) is 0. The molecular formula is C26H24. The molecule has 6 rings (SSSR count). The van der Waals surface area contributed by atoms with Gasteiger partial charge in [0.1, 0.15) is 0 Å². The molecule has 26 heavy (non-hydrogen) atoms. The van der Waals surface area contributed by atoms with Crippen LogP contribution in [0.1, 0.15) is 38.5 Å². The summed E-state index contributed by atoms with van der Waals surface area (Å²) in [5, 5.41) is 10.8. The molecule has 1 saturated carbocycles. The Bertz CT molecular complexity index is 1150. The van der Waals surface area contributed by atoms with Crippen LogP contribution in [0.5, 0.6) is 0 Å². The summed E-state index contributed by atoms with van der Waals surface area (Å²) in [6, 6.07) is 26.5. The van der Waals surface area contributed by atoms with Crippen molar-refractivity contribution in [3.8, 4) is 0 Å². The second-order valence-corrected chi connectivity index (χ2v) is 7.58. The number of fused-ring (bicyclic) bond motifs is 2. The summed E-state index contributed by atoms with van der Waals surface area (Å²) in [6.07, 6.45) is 9.00. The van der Waals surface area contributed by atoms with Gasteiger partial charge < -0.3 is 0 Å². The van der Waals surface area contributed by atoms with Crippen molar-refractivity contribution in [3.05, 3.63) is 72.8 Å². The molecule has 0 aliphatic heterocycles. The molecule has 0 radical (unpaired) electrons. The van der Waals surface area contributed by atoms with Crippen molar-refractivity contribution in [1.29, 1.82) is 0 Å². The van der Waals surface area contributed by atoms with Crippen LogP contribution in [0, 0.1) is 0 Å². The predicted octanol–water partition coefficient (Wildman–Crippen LogP) is 8.08. The summed E-state index contributed by atoms with van der Waals surface area (Å²) < 4.78 is 0. The summed E-state index contributed by atoms with van der Waals surface area (Å²) >= 11 is 0. The van der Waals surface area contributed by atoms with E-state index in [4.69, 9.17) is 0 Å². The molecule has 1 aliphatic carbocycles. The minimum atomic E-state index is 1.32. The number of benzene rings is 5. The van der Waals surface area contributed by atoms with Gasteiger partial charge in [-0.05, 0) is 49.2 Å². The minimum Gasteiger partial charge on any atom is -0.0616 e. The minimum absolute atomic E-state index is 1.32. The van der Waals surface area contributed by atoms with Crippen LogP contribution in [0.4, 0.5) is 0 Å². The average molecular weight is 336 g/mol. The van der Waals surface area contributed by atoms with Gasteiger partial charge >= 0.3 is 0 Å². The third-order valence-corrected chi connectivity index (χ3v) is 5.87. The van der Waals surface area contributed by atoms with Gasteiger partial charge in [-0.25, -0.2) is 0 Å². The molecule has 0 nitrogen and oxygen atoms in total. The third kappa shape index (κ3) is 2.61. The first-order valence-corrected chi connectivity index (χ1v) is 9.97. The summed E-state index contributed by atoms with van der Waals surface area (Å²) in [4.78, 5) is 0. The lowest BCUT2D eigenvalue weighted by molar-refractivity contribution is 0.504. The zero-order valence-corrected chi connectivity index (χ0v) is 15.2. The predicted molar refractivity (Wildman–Crippen MR) is 115 cm³/mol. The van der Waals surface area contributed by atoms with Crippen molar-refractivity contribution in [2.75, 3.05) is 0 Å². The molecule has 0 spiro atoms. The van der Waals surface area contributed by atoms with E-state index in [0.29, 0.717) is 0 Å². The molecule has 5 aromatic rings. The fourth-order valence-corrected chi connectivity index (χ4v) is 4.55.